The summed E-state index contributed by atoms with van der Waals surface area (Å²) in [5.41, 5.74) is -0.281. The van der Waals surface area contributed by atoms with Crippen LogP contribution >= 0.6 is 0 Å². The van der Waals surface area contributed by atoms with E-state index in [9.17, 15) is 23.4 Å². The minimum atomic E-state index is -4.50. The Bertz CT molecular complexity index is 622. The average Bonchev–Trinajstić information content (AvgIpc) is 2.98. The fraction of sp³-hybridized carbons (Fsp3) is 1.00. The highest BCUT2D eigenvalue weighted by Gasteiger charge is 2.61. The lowest BCUT2D eigenvalue weighted by atomic mass is 9.43. The lowest BCUT2D eigenvalue weighted by molar-refractivity contribution is -0.212. The third-order valence-corrected chi connectivity index (χ3v) is 10.6. The van der Waals surface area contributed by atoms with Crippen LogP contribution in [0.2, 0.25) is 0 Å². The number of halogens is 3. The molecule has 4 saturated carbocycles. The van der Waals surface area contributed by atoms with Gasteiger partial charge >= 0.3 is 6.18 Å². The van der Waals surface area contributed by atoms with Crippen molar-refractivity contribution < 1.29 is 23.4 Å². The van der Waals surface area contributed by atoms with Crippen LogP contribution in [-0.4, -0.2) is 28.1 Å². The molecule has 0 aromatic heterocycles. The molecule has 4 aliphatic rings. The van der Waals surface area contributed by atoms with E-state index in [0.717, 1.165) is 57.8 Å². The van der Waals surface area contributed by atoms with Gasteiger partial charge < -0.3 is 10.2 Å². The Kier molecular flexibility index (Phi) is 5.38. The topological polar surface area (TPSA) is 40.5 Å². The summed E-state index contributed by atoms with van der Waals surface area (Å²) in [4.78, 5) is 0. The molecule has 2 N–H and O–H groups in total. The van der Waals surface area contributed by atoms with Crippen molar-refractivity contribution in [2.75, 3.05) is 0 Å². The second-order valence-electron chi connectivity index (χ2n) is 11.6. The Balaban J connectivity index is 1.51. The first kappa shape index (κ1) is 21.9. The maximum atomic E-state index is 13.0. The van der Waals surface area contributed by atoms with E-state index in [2.05, 4.69) is 20.8 Å². The SMILES string of the molecule is CC[C@]1(O)CC[C@]2(C)C3CCC4(C)C(CC[C@@H]4CC(O)C(F)(F)F)C3CC[C@@H]2C1. The molecule has 0 spiro atoms. The molecule has 9 atom stereocenters. The number of hydrogen-bond acceptors (Lipinski definition) is 2. The summed E-state index contributed by atoms with van der Waals surface area (Å²) in [5, 5.41) is 20.6. The zero-order valence-corrected chi connectivity index (χ0v) is 18.3. The predicted molar refractivity (Wildman–Crippen MR) is 107 cm³/mol. The molecule has 4 fully saturated rings. The van der Waals surface area contributed by atoms with Crippen LogP contribution in [-0.2, 0) is 0 Å². The lowest BCUT2D eigenvalue weighted by Crippen LogP contribution is -2.56. The summed E-state index contributed by atoms with van der Waals surface area (Å²) < 4.78 is 38.9. The molecule has 2 nitrogen and oxygen atoms in total. The van der Waals surface area contributed by atoms with E-state index in [1.807, 2.05) is 0 Å². The minimum Gasteiger partial charge on any atom is -0.390 e. The van der Waals surface area contributed by atoms with Crippen LogP contribution in [0.5, 0.6) is 0 Å². The van der Waals surface area contributed by atoms with E-state index in [-0.39, 0.29) is 23.2 Å². The second-order valence-corrected chi connectivity index (χ2v) is 11.6. The van der Waals surface area contributed by atoms with Crippen LogP contribution in [0.1, 0.15) is 91.4 Å². The van der Waals surface area contributed by atoms with Gasteiger partial charge in [-0.05, 0) is 111 Å². The number of hydrogen-bond donors (Lipinski definition) is 2. The van der Waals surface area contributed by atoms with Crippen molar-refractivity contribution in [3.05, 3.63) is 0 Å². The Labute approximate surface area is 173 Å². The first-order valence-electron chi connectivity index (χ1n) is 11.9. The highest BCUT2D eigenvalue weighted by atomic mass is 19.4. The van der Waals surface area contributed by atoms with Crippen LogP contribution in [0.3, 0.4) is 0 Å². The van der Waals surface area contributed by atoms with Crippen LogP contribution in [0.15, 0.2) is 0 Å². The maximum absolute atomic E-state index is 13.0. The smallest absolute Gasteiger partial charge is 0.390 e. The summed E-state index contributed by atoms with van der Waals surface area (Å²) in [6.45, 7) is 6.76. The summed E-state index contributed by atoms with van der Waals surface area (Å²) in [6, 6.07) is 0. The standard InChI is InChI=1S/C24H39F3O2/c1-4-23(29)12-11-22(3)16(14-23)5-7-17-18-8-6-15(13-20(28)24(25,26)27)21(18,2)10-9-19(17)22/h15-20,28-29H,4-14H2,1-3H3/t15-,16-,17?,18?,19?,20?,21?,22+,23+/m1/s1. The number of aliphatic hydroxyl groups is 2. The molecule has 0 heterocycles. The Hall–Kier alpha value is -0.290. The molecule has 5 unspecified atom stereocenters. The van der Waals surface area contributed by atoms with Gasteiger partial charge in [-0.2, -0.15) is 13.2 Å². The molecular weight excluding hydrogens is 377 g/mol. The third kappa shape index (κ3) is 3.46. The van der Waals surface area contributed by atoms with Gasteiger partial charge in [0.15, 0.2) is 0 Å². The Morgan fingerprint density at radius 1 is 0.931 bits per heavy atom. The molecule has 168 valence electrons. The van der Waals surface area contributed by atoms with Crippen molar-refractivity contribution in [2.24, 2.45) is 40.4 Å². The first-order valence-corrected chi connectivity index (χ1v) is 11.9. The minimum absolute atomic E-state index is 0.0212. The zero-order chi connectivity index (χ0) is 21.2. The van der Waals surface area contributed by atoms with Gasteiger partial charge in [0.05, 0.1) is 5.60 Å². The van der Waals surface area contributed by atoms with Gasteiger partial charge in [-0.1, -0.05) is 20.8 Å². The predicted octanol–water partition coefficient (Wildman–Crippen LogP) is 6.10. The van der Waals surface area contributed by atoms with Crippen molar-refractivity contribution in [3.8, 4) is 0 Å². The molecule has 0 radical (unpaired) electrons. The summed E-state index contributed by atoms with van der Waals surface area (Å²) in [7, 11) is 0. The molecular formula is C24H39F3O2. The highest BCUT2D eigenvalue weighted by molar-refractivity contribution is 5.10. The third-order valence-electron chi connectivity index (χ3n) is 10.6. The maximum Gasteiger partial charge on any atom is 0.414 e. The van der Waals surface area contributed by atoms with E-state index in [1.54, 1.807) is 0 Å². The number of rotatable bonds is 3. The number of fused-ring (bicyclic) bond motifs is 5. The van der Waals surface area contributed by atoms with Crippen molar-refractivity contribution in [3.63, 3.8) is 0 Å². The van der Waals surface area contributed by atoms with Crippen LogP contribution in [0.4, 0.5) is 13.2 Å². The fourth-order valence-corrected chi connectivity index (χ4v) is 8.54. The van der Waals surface area contributed by atoms with E-state index in [1.165, 1.54) is 6.42 Å². The Morgan fingerprint density at radius 2 is 1.62 bits per heavy atom. The molecule has 0 bridgehead atoms. The molecule has 5 heteroatoms. The summed E-state index contributed by atoms with van der Waals surface area (Å²) in [5.74, 6) is 2.31. The van der Waals surface area contributed by atoms with Crippen LogP contribution in [0, 0.1) is 40.4 Å². The van der Waals surface area contributed by atoms with E-state index in [4.69, 9.17) is 0 Å². The highest BCUT2D eigenvalue weighted by Crippen LogP contribution is 2.68. The molecule has 0 amide bonds. The van der Waals surface area contributed by atoms with Gasteiger partial charge in [0.1, 0.15) is 6.10 Å². The van der Waals surface area contributed by atoms with Crippen molar-refractivity contribution in [1.29, 1.82) is 0 Å². The van der Waals surface area contributed by atoms with E-state index >= 15 is 0 Å². The van der Waals surface area contributed by atoms with Crippen LogP contribution in [0.25, 0.3) is 0 Å². The first-order chi connectivity index (χ1) is 13.4. The number of alkyl halides is 3. The molecule has 0 aromatic carbocycles. The summed E-state index contributed by atoms with van der Waals surface area (Å²) >= 11 is 0. The fourth-order valence-electron chi connectivity index (χ4n) is 8.54. The number of aliphatic hydroxyl groups excluding tert-OH is 1. The van der Waals surface area contributed by atoms with Gasteiger partial charge in [-0.25, -0.2) is 0 Å². The summed E-state index contributed by atoms with van der Waals surface area (Å²) in [6.07, 6.45) is 3.18. The van der Waals surface area contributed by atoms with E-state index in [0.29, 0.717) is 23.7 Å². The van der Waals surface area contributed by atoms with Gasteiger partial charge in [0, 0.05) is 0 Å². The van der Waals surface area contributed by atoms with Gasteiger partial charge in [0.25, 0.3) is 0 Å². The largest absolute Gasteiger partial charge is 0.414 e. The molecule has 4 rings (SSSR count). The molecule has 0 saturated heterocycles. The van der Waals surface area contributed by atoms with Crippen molar-refractivity contribution >= 4 is 0 Å². The van der Waals surface area contributed by atoms with Gasteiger partial charge in [-0.15, -0.1) is 0 Å². The van der Waals surface area contributed by atoms with Crippen LogP contribution < -0.4 is 0 Å². The average molecular weight is 417 g/mol. The van der Waals surface area contributed by atoms with E-state index < -0.39 is 17.9 Å². The molecule has 29 heavy (non-hydrogen) atoms. The monoisotopic (exact) mass is 416 g/mol. The lowest BCUT2D eigenvalue weighted by Gasteiger charge is -2.62. The molecule has 4 aliphatic carbocycles. The van der Waals surface area contributed by atoms with Gasteiger partial charge in [-0.3, -0.25) is 0 Å². The Morgan fingerprint density at radius 3 is 2.28 bits per heavy atom. The van der Waals surface area contributed by atoms with Gasteiger partial charge in [0.2, 0.25) is 0 Å². The molecule has 0 aliphatic heterocycles. The normalized spacial score (nSPS) is 51.1. The van der Waals surface area contributed by atoms with Crippen molar-refractivity contribution in [2.45, 2.75) is 109 Å². The zero-order valence-electron chi connectivity index (χ0n) is 18.3. The quantitative estimate of drug-likeness (QED) is 0.584. The van der Waals surface area contributed by atoms with Crippen molar-refractivity contribution in [1.82, 2.24) is 0 Å². The molecule has 0 aromatic rings. The second kappa shape index (κ2) is 7.12.